The second-order valence-electron chi connectivity index (χ2n) is 5.83. The van der Waals surface area contributed by atoms with Gasteiger partial charge in [-0.05, 0) is 38.8 Å². The van der Waals surface area contributed by atoms with Crippen LogP contribution in [0.1, 0.15) is 55.6 Å². The maximum atomic E-state index is 11.7. The molecule has 1 aromatic heterocycles. The van der Waals surface area contributed by atoms with Gasteiger partial charge in [-0.3, -0.25) is 4.79 Å². The number of hydrogen-bond acceptors (Lipinski definition) is 5. The molecule has 5 heteroatoms. The quantitative estimate of drug-likeness (QED) is 0.597. The van der Waals surface area contributed by atoms with Crippen LogP contribution in [-0.2, 0) is 0 Å². The predicted molar refractivity (Wildman–Crippen MR) is 91.3 cm³/mol. The molecule has 1 saturated heterocycles. The number of ketones is 1. The average Bonchev–Trinajstić information content (AvgIpc) is 2.85. The third kappa shape index (κ3) is 4.45. The maximum absolute atomic E-state index is 11.7. The van der Waals surface area contributed by atoms with Crippen molar-refractivity contribution in [1.82, 2.24) is 4.90 Å². The molecule has 1 aromatic rings. The number of nitrogen functional groups attached to an aromatic ring is 1. The van der Waals surface area contributed by atoms with E-state index in [9.17, 15) is 4.79 Å². The van der Waals surface area contributed by atoms with E-state index in [-0.39, 0.29) is 5.78 Å². The van der Waals surface area contributed by atoms with E-state index in [4.69, 9.17) is 5.73 Å². The van der Waals surface area contributed by atoms with Gasteiger partial charge >= 0.3 is 0 Å². The first-order chi connectivity index (χ1) is 10.1. The van der Waals surface area contributed by atoms with Gasteiger partial charge in [0.1, 0.15) is 0 Å². The lowest BCUT2D eigenvalue weighted by atomic mass is 10.0. The molecule has 2 rings (SSSR count). The maximum Gasteiger partial charge on any atom is 0.174 e. The molecule has 0 saturated carbocycles. The smallest absolute Gasteiger partial charge is 0.174 e. The van der Waals surface area contributed by atoms with Gasteiger partial charge < -0.3 is 16.0 Å². The Labute approximate surface area is 131 Å². The van der Waals surface area contributed by atoms with Crippen molar-refractivity contribution >= 4 is 27.8 Å². The first kappa shape index (κ1) is 16.3. The molecule has 1 unspecified atom stereocenters. The number of Topliss-reactive ketones (excluding diaryl/α,β-unsaturated/α-hetero) is 1. The molecule has 1 aliphatic heterocycles. The van der Waals surface area contributed by atoms with Crippen molar-refractivity contribution in [3.05, 3.63) is 10.9 Å². The number of nitrogens with one attached hydrogen (secondary N) is 1. The molecule has 0 aliphatic carbocycles. The summed E-state index contributed by atoms with van der Waals surface area (Å²) in [7, 11) is 0. The normalized spacial score (nSPS) is 19.6. The predicted octanol–water partition coefficient (Wildman–Crippen LogP) is 3.60. The molecule has 0 amide bonds. The van der Waals surface area contributed by atoms with E-state index in [0.29, 0.717) is 17.0 Å². The van der Waals surface area contributed by atoms with Gasteiger partial charge in [0.2, 0.25) is 0 Å². The van der Waals surface area contributed by atoms with Crippen LogP contribution in [0.5, 0.6) is 0 Å². The van der Waals surface area contributed by atoms with Gasteiger partial charge in [0.25, 0.3) is 0 Å². The fourth-order valence-corrected chi connectivity index (χ4v) is 3.87. The summed E-state index contributed by atoms with van der Waals surface area (Å²) in [4.78, 5) is 15.0. The second kappa shape index (κ2) is 7.80. The summed E-state index contributed by atoms with van der Waals surface area (Å²) in [6, 6.07) is 2.61. The fraction of sp³-hybridized carbons (Fsp3) is 0.688. The van der Waals surface area contributed by atoms with E-state index < -0.39 is 0 Å². The number of carbonyl (C=O) groups is 1. The number of hydrogen-bond donors (Lipinski definition) is 2. The Hall–Kier alpha value is -1.07. The van der Waals surface area contributed by atoms with Crippen LogP contribution in [-0.4, -0.2) is 36.4 Å². The van der Waals surface area contributed by atoms with Crippen LogP contribution in [0.25, 0.3) is 0 Å². The standard InChI is InChI=1S/C16H27N3OS/c1-3-14(20)16-13(17)11-15(21-16)18-8-6-10-19-9-5-4-7-12(19)2/h11-12,18H,3-10,17H2,1-2H3. The lowest BCUT2D eigenvalue weighted by Crippen LogP contribution is -2.38. The summed E-state index contributed by atoms with van der Waals surface area (Å²) in [5.74, 6) is 0.132. The number of piperidine rings is 1. The lowest BCUT2D eigenvalue weighted by Gasteiger charge is -2.33. The highest BCUT2D eigenvalue weighted by Gasteiger charge is 2.17. The van der Waals surface area contributed by atoms with Crippen molar-refractivity contribution in [2.75, 3.05) is 30.7 Å². The third-order valence-electron chi connectivity index (χ3n) is 4.20. The van der Waals surface area contributed by atoms with Gasteiger partial charge in [-0.1, -0.05) is 13.3 Å². The number of carbonyl (C=O) groups excluding carboxylic acids is 1. The summed E-state index contributed by atoms with van der Waals surface area (Å²) in [5, 5.41) is 4.41. The van der Waals surface area contributed by atoms with Crippen LogP contribution in [0, 0.1) is 0 Å². The first-order valence-electron chi connectivity index (χ1n) is 8.02. The van der Waals surface area contributed by atoms with Crippen molar-refractivity contribution in [2.24, 2.45) is 0 Å². The Bertz CT molecular complexity index is 472. The van der Waals surface area contributed by atoms with Gasteiger partial charge in [-0.2, -0.15) is 0 Å². The largest absolute Gasteiger partial charge is 0.397 e. The summed E-state index contributed by atoms with van der Waals surface area (Å²) in [6.45, 7) is 7.52. The van der Waals surface area contributed by atoms with Crippen molar-refractivity contribution in [3.8, 4) is 0 Å². The molecular formula is C16H27N3OS. The molecular weight excluding hydrogens is 282 g/mol. The van der Waals surface area contributed by atoms with Gasteiger partial charge in [-0.15, -0.1) is 11.3 Å². The van der Waals surface area contributed by atoms with Crippen LogP contribution >= 0.6 is 11.3 Å². The average molecular weight is 309 g/mol. The van der Waals surface area contributed by atoms with Crippen LogP contribution in [0.15, 0.2) is 6.07 Å². The summed E-state index contributed by atoms with van der Waals surface area (Å²) in [5.41, 5.74) is 6.51. The molecule has 1 fully saturated rings. The fourth-order valence-electron chi connectivity index (χ4n) is 2.85. The van der Waals surface area contributed by atoms with E-state index in [0.717, 1.165) is 30.6 Å². The van der Waals surface area contributed by atoms with Gasteiger partial charge in [0.15, 0.2) is 5.78 Å². The summed E-state index contributed by atoms with van der Waals surface area (Å²) >= 11 is 1.48. The van der Waals surface area contributed by atoms with Crippen LogP contribution in [0.4, 0.5) is 10.7 Å². The van der Waals surface area contributed by atoms with E-state index >= 15 is 0 Å². The number of nitrogens with two attached hydrogens (primary N) is 1. The Balaban J connectivity index is 1.74. The van der Waals surface area contributed by atoms with Gasteiger partial charge in [0.05, 0.1) is 15.6 Å². The molecule has 118 valence electrons. The minimum atomic E-state index is 0.132. The zero-order valence-corrected chi connectivity index (χ0v) is 14.0. The zero-order valence-electron chi connectivity index (χ0n) is 13.2. The molecule has 0 spiro atoms. The molecule has 0 radical (unpaired) electrons. The first-order valence-corrected chi connectivity index (χ1v) is 8.84. The molecule has 3 N–H and O–H groups in total. The molecule has 4 nitrogen and oxygen atoms in total. The number of rotatable bonds is 7. The Morgan fingerprint density at radius 3 is 3.05 bits per heavy atom. The minimum absolute atomic E-state index is 0.132. The van der Waals surface area contributed by atoms with Gasteiger partial charge in [-0.25, -0.2) is 0 Å². The van der Waals surface area contributed by atoms with Crippen LogP contribution < -0.4 is 11.1 Å². The topological polar surface area (TPSA) is 58.4 Å². The molecule has 1 aliphatic rings. The Morgan fingerprint density at radius 2 is 2.33 bits per heavy atom. The van der Waals surface area contributed by atoms with Gasteiger partial charge in [0, 0.05) is 25.6 Å². The highest BCUT2D eigenvalue weighted by molar-refractivity contribution is 7.18. The van der Waals surface area contributed by atoms with E-state index in [1.165, 1.54) is 37.1 Å². The number of nitrogens with zero attached hydrogens (tertiary/aromatic N) is 1. The van der Waals surface area contributed by atoms with E-state index in [1.807, 2.05) is 13.0 Å². The number of likely N-dealkylation sites (tertiary alicyclic amines) is 1. The van der Waals surface area contributed by atoms with Crippen molar-refractivity contribution in [2.45, 2.75) is 52.0 Å². The minimum Gasteiger partial charge on any atom is -0.397 e. The van der Waals surface area contributed by atoms with Crippen LogP contribution in [0.3, 0.4) is 0 Å². The number of anilines is 2. The highest BCUT2D eigenvalue weighted by Crippen LogP contribution is 2.30. The van der Waals surface area contributed by atoms with Crippen molar-refractivity contribution < 1.29 is 4.79 Å². The lowest BCUT2D eigenvalue weighted by molar-refractivity contribution is 0.0993. The number of thiophene rings is 1. The molecule has 0 bridgehead atoms. The summed E-state index contributed by atoms with van der Waals surface area (Å²) in [6.07, 6.45) is 5.67. The third-order valence-corrected chi connectivity index (χ3v) is 5.35. The SMILES string of the molecule is CCC(=O)c1sc(NCCCN2CCCCC2C)cc1N. The Morgan fingerprint density at radius 1 is 1.52 bits per heavy atom. The molecule has 21 heavy (non-hydrogen) atoms. The van der Waals surface area contributed by atoms with Crippen LogP contribution in [0.2, 0.25) is 0 Å². The molecule has 0 aromatic carbocycles. The van der Waals surface area contributed by atoms with E-state index in [2.05, 4.69) is 17.1 Å². The zero-order chi connectivity index (χ0) is 15.2. The van der Waals surface area contributed by atoms with E-state index in [1.54, 1.807) is 0 Å². The Kier molecular flexibility index (Phi) is 6.06. The highest BCUT2D eigenvalue weighted by atomic mass is 32.1. The molecule has 2 heterocycles. The molecule has 1 atom stereocenters. The van der Waals surface area contributed by atoms with Crippen molar-refractivity contribution in [1.29, 1.82) is 0 Å². The van der Waals surface area contributed by atoms with Crippen molar-refractivity contribution in [3.63, 3.8) is 0 Å². The second-order valence-corrected chi connectivity index (χ2v) is 6.89. The monoisotopic (exact) mass is 309 g/mol. The summed E-state index contributed by atoms with van der Waals surface area (Å²) < 4.78 is 0.